The van der Waals surface area contributed by atoms with Gasteiger partial charge in [0.05, 0.1) is 18.4 Å². The number of carboxylic acid groups (broad SMARTS) is 1. The molecule has 1 aromatic heterocycles. The highest BCUT2D eigenvalue weighted by atomic mass is 32.2. The van der Waals surface area contributed by atoms with Crippen LogP contribution < -0.4 is 4.74 Å². The molecule has 94 valence electrons. The molecule has 1 rings (SSSR count). The Morgan fingerprint density at radius 1 is 1.47 bits per heavy atom. The van der Waals surface area contributed by atoms with Gasteiger partial charge in [-0.05, 0) is 17.8 Å². The number of carbonyl (C=O) groups is 1. The highest BCUT2D eigenvalue weighted by molar-refractivity contribution is 8.00. The highest BCUT2D eigenvalue weighted by Crippen LogP contribution is 2.29. The highest BCUT2D eigenvalue weighted by Gasteiger charge is 2.27. The zero-order valence-corrected chi connectivity index (χ0v) is 9.22. The smallest absolute Gasteiger partial charge is 0.441 e. The molecule has 1 aromatic rings. The molecule has 0 aliphatic carbocycles. The molecule has 8 heteroatoms. The lowest BCUT2D eigenvalue weighted by molar-refractivity contribution is -0.0329. The standard InChI is InChI=1S/C9H8F3NO3S/c10-9(11,12)17-2-1-16-7-3-6(8(14)15)4-13-5-7/h3-5H,1-2H2,(H,14,15). The molecule has 0 bridgehead atoms. The molecule has 0 aliphatic heterocycles. The normalized spacial score (nSPS) is 11.2. The first kappa shape index (κ1) is 13.6. The van der Waals surface area contributed by atoms with Crippen molar-refractivity contribution in [3.8, 4) is 5.75 Å². The third kappa shape index (κ3) is 5.43. The van der Waals surface area contributed by atoms with Crippen LogP contribution in [0.4, 0.5) is 13.2 Å². The van der Waals surface area contributed by atoms with Crippen molar-refractivity contribution < 1.29 is 27.8 Å². The maximum atomic E-state index is 11.8. The molecule has 0 saturated heterocycles. The summed E-state index contributed by atoms with van der Waals surface area (Å²) in [6.07, 6.45) is 2.37. The number of hydrogen-bond donors (Lipinski definition) is 1. The van der Waals surface area contributed by atoms with Crippen molar-refractivity contribution in [1.29, 1.82) is 0 Å². The zero-order chi connectivity index (χ0) is 12.9. The summed E-state index contributed by atoms with van der Waals surface area (Å²) in [5.74, 6) is -1.30. The topological polar surface area (TPSA) is 59.4 Å². The molecule has 0 fully saturated rings. The Balaban J connectivity index is 2.42. The summed E-state index contributed by atoms with van der Waals surface area (Å²) in [7, 11) is 0. The number of thioether (sulfide) groups is 1. The van der Waals surface area contributed by atoms with Crippen molar-refractivity contribution in [2.45, 2.75) is 5.51 Å². The Kier molecular flexibility index (Phi) is 4.62. The van der Waals surface area contributed by atoms with E-state index in [0.717, 1.165) is 6.20 Å². The molecule has 0 amide bonds. The molecular formula is C9H8F3NO3S. The number of nitrogens with zero attached hydrogens (tertiary/aromatic N) is 1. The van der Waals surface area contributed by atoms with Gasteiger partial charge in [-0.25, -0.2) is 4.79 Å². The predicted molar refractivity (Wildman–Crippen MR) is 55.2 cm³/mol. The van der Waals surface area contributed by atoms with E-state index in [9.17, 15) is 18.0 Å². The van der Waals surface area contributed by atoms with Crippen molar-refractivity contribution >= 4 is 17.7 Å². The van der Waals surface area contributed by atoms with Crippen molar-refractivity contribution in [3.63, 3.8) is 0 Å². The summed E-state index contributed by atoms with van der Waals surface area (Å²) >= 11 is -0.198. The maximum Gasteiger partial charge on any atom is 0.441 e. The van der Waals surface area contributed by atoms with Gasteiger partial charge in [0, 0.05) is 11.9 Å². The van der Waals surface area contributed by atoms with Gasteiger partial charge >= 0.3 is 11.5 Å². The van der Waals surface area contributed by atoms with Gasteiger partial charge in [-0.2, -0.15) is 13.2 Å². The lowest BCUT2D eigenvalue weighted by Gasteiger charge is -2.07. The van der Waals surface area contributed by atoms with Crippen LogP contribution in [0.25, 0.3) is 0 Å². The van der Waals surface area contributed by atoms with E-state index in [0.29, 0.717) is 0 Å². The van der Waals surface area contributed by atoms with E-state index in [2.05, 4.69) is 4.98 Å². The number of carboxylic acids is 1. The number of rotatable bonds is 5. The van der Waals surface area contributed by atoms with E-state index >= 15 is 0 Å². The first-order valence-electron chi connectivity index (χ1n) is 4.40. The molecule has 17 heavy (non-hydrogen) atoms. The molecule has 0 spiro atoms. The van der Waals surface area contributed by atoms with Gasteiger partial charge in [0.25, 0.3) is 0 Å². The van der Waals surface area contributed by atoms with Crippen LogP contribution in [0.15, 0.2) is 18.5 Å². The van der Waals surface area contributed by atoms with E-state index in [4.69, 9.17) is 9.84 Å². The third-order valence-corrected chi connectivity index (χ3v) is 2.28. The number of pyridine rings is 1. The summed E-state index contributed by atoms with van der Waals surface area (Å²) in [5, 5.41) is 8.64. The Labute approximate surface area is 98.8 Å². The number of aromatic nitrogens is 1. The largest absolute Gasteiger partial charge is 0.491 e. The molecule has 0 atom stereocenters. The molecule has 0 saturated carbocycles. The quantitative estimate of drug-likeness (QED) is 0.830. The van der Waals surface area contributed by atoms with Crippen molar-refractivity contribution in [2.24, 2.45) is 0 Å². The number of alkyl halides is 3. The minimum absolute atomic E-state index is 0.0778. The molecule has 1 N–H and O–H groups in total. The Morgan fingerprint density at radius 3 is 2.76 bits per heavy atom. The van der Waals surface area contributed by atoms with Crippen LogP contribution in [0, 0.1) is 0 Å². The monoisotopic (exact) mass is 267 g/mol. The third-order valence-electron chi connectivity index (χ3n) is 1.58. The van der Waals surface area contributed by atoms with Gasteiger partial charge in [0.15, 0.2) is 0 Å². The molecule has 0 aromatic carbocycles. The van der Waals surface area contributed by atoms with Crippen molar-refractivity contribution in [1.82, 2.24) is 4.98 Å². The lowest BCUT2D eigenvalue weighted by Crippen LogP contribution is -2.08. The van der Waals surface area contributed by atoms with Crippen molar-refractivity contribution in [2.75, 3.05) is 12.4 Å². The minimum atomic E-state index is -4.29. The van der Waals surface area contributed by atoms with E-state index in [1.165, 1.54) is 12.3 Å². The number of halogens is 3. The SMILES string of the molecule is O=C(O)c1cncc(OCCSC(F)(F)F)c1. The first-order chi connectivity index (χ1) is 7.88. The summed E-state index contributed by atoms with van der Waals surface area (Å²) in [4.78, 5) is 14.2. The van der Waals surface area contributed by atoms with E-state index in [-0.39, 0.29) is 35.4 Å². The van der Waals surface area contributed by atoms with Gasteiger partial charge in [-0.1, -0.05) is 0 Å². The molecule has 0 radical (unpaired) electrons. The van der Waals surface area contributed by atoms with Gasteiger partial charge in [0.1, 0.15) is 5.75 Å². The fourth-order valence-corrected chi connectivity index (χ4v) is 1.33. The average molecular weight is 267 g/mol. The fraction of sp³-hybridized carbons (Fsp3) is 0.333. The molecule has 1 heterocycles. The van der Waals surface area contributed by atoms with Gasteiger partial charge in [-0.3, -0.25) is 4.98 Å². The molecular weight excluding hydrogens is 259 g/mol. The van der Waals surface area contributed by atoms with E-state index in [1.54, 1.807) is 0 Å². The lowest BCUT2D eigenvalue weighted by atomic mass is 10.3. The summed E-state index contributed by atoms with van der Waals surface area (Å²) < 4.78 is 40.3. The number of hydrogen-bond acceptors (Lipinski definition) is 4. The fourth-order valence-electron chi connectivity index (χ4n) is 0.932. The number of ether oxygens (including phenoxy) is 1. The second kappa shape index (κ2) is 5.76. The predicted octanol–water partition coefficient (Wildman–Crippen LogP) is 2.41. The van der Waals surface area contributed by atoms with Crippen LogP contribution in [-0.2, 0) is 0 Å². The molecule has 4 nitrogen and oxygen atoms in total. The van der Waals surface area contributed by atoms with Gasteiger partial charge < -0.3 is 9.84 Å². The first-order valence-corrected chi connectivity index (χ1v) is 5.39. The second-order valence-corrected chi connectivity index (χ2v) is 4.02. The Hall–Kier alpha value is -1.44. The summed E-state index contributed by atoms with van der Waals surface area (Å²) in [5.41, 5.74) is -4.36. The second-order valence-electron chi connectivity index (χ2n) is 2.86. The average Bonchev–Trinajstić information content (AvgIpc) is 2.23. The van der Waals surface area contributed by atoms with E-state index < -0.39 is 11.5 Å². The summed E-state index contributed by atoms with van der Waals surface area (Å²) in [6.45, 7) is -0.172. The van der Waals surface area contributed by atoms with Gasteiger partial charge in [0.2, 0.25) is 0 Å². The van der Waals surface area contributed by atoms with Crippen LogP contribution in [-0.4, -0.2) is 33.9 Å². The zero-order valence-electron chi connectivity index (χ0n) is 8.40. The van der Waals surface area contributed by atoms with Crippen LogP contribution in [0.2, 0.25) is 0 Å². The molecule has 0 unspecified atom stereocenters. The molecule has 0 aliphatic rings. The maximum absolute atomic E-state index is 11.8. The Morgan fingerprint density at radius 2 is 2.18 bits per heavy atom. The van der Waals surface area contributed by atoms with Crippen LogP contribution in [0.3, 0.4) is 0 Å². The van der Waals surface area contributed by atoms with Crippen molar-refractivity contribution in [3.05, 3.63) is 24.0 Å². The number of aromatic carboxylic acids is 1. The van der Waals surface area contributed by atoms with Crippen LogP contribution in [0.5, 0.6) is 5.75 Å². The van der Waals surface area contributed by atoms with Crippen LogP contribution >= 0.6 is 11.8 Å². The van der Waals surface area contributed by atoms with Crippen LogP contribution in [0.1, 0.15) is 10.4 Å². The van der Waals surface area contributed by atoms with Gasteiger partial charge in [-0.15, -0.1) is 0 Å². The van der Waals surface area contributed by atoms with E-state index in [1.807, 2.05) is 0 Å². The minimum Gasteiger partial charge on any atom is -0.491 e. The Bertz CT molecular complexity index is 397. The summed E-state index contributed by atoms with van der Waals surface area (Å²) in [6, 6.07) is 1.20.